The molecular formula is C15H12O2. The van der Waals surface area contributed by atoms with Crippen molar-refractivity contribution in [2.24, 2.45) is 5.41 Å². The maximum absolute atomic E-state index is 12.1. The Morgan fingerprint density at radius 3 is 2.82 bits per heavy atom. The molecule has 1 atom stereocenters. The highest BCUT2D eigenvalue weighted by molar-refractivity contribution is 6.20. The maximum Gasteiger partial charge on any atom is 0.180 e. The standard InChI is InChI=1S/C15H12O2/c1-2-3-4-5-7-12-9-11-15(14(12)17)10-6-8-13(15)16/h7,9,11H,6,8,10H2,1H3. The molecule has 84 valence electrons. The van der Waals surface area contributed by atoms with E-state index in [9.17, 15) is 9.59 Å². The first-order valence-electron chi connectivity index (χ1n) is 5.60. The number of Topliss-reactive ketones (excluding diaryl/α,β-unsaturated/α-hetero) is 2. The van der Waals surface area contributed by atoms with Crippen LogP contribution in [0.2, 0.25) is 0 Å². The Balaban J connectivity index is 2.25. The summed E-state index contributed by atoms with van der Waals surface area (Å²) in [6.07, 6.45) is 6.94. The minimum absolute atomic E-state index is 0.0449. The van der Waals surface area contributed by atoms with Crippen LogP contribution in [0.5, 0.6) is 0 Å². The average molecular weight is 224 g/mol. The molecule has 2 heteroatoms. The molecule has 0 aromatic rings. The van der Waals surface area contributed by atoms with Crippen LogP contribution in [-0.4, -0.2) is 11.6 Å². The highest BCUT2D eigenvalue weighted by atomic mass is 16.2. The maximum atomic E-state index is 12.1. The average Bonchev–Trinajstić information content (AvgIpc) is 2.84. The zero-order valence-electron chi connectivity index (χ0n) is 9.67. The van der Waals surface area contributed by atoms with Crippen molar-refractivity contribution in [2.45, 2.75) is 26.2 Å². The van der Waals surface area contributed by atoms with Crippen LogP contribution >= 0.6 is 0 Å². The van der Waals surface area contributed by atoms with E-state index in [-0.39, 0.29) is 11.6 Å². The van der Waals surface area contributed by atoms with Crippen LogP contribution in [0.3, 0.4) is 0 Å². The molecule has 1 saturated carbocycles. The fourth-order valence-electron chi connectivity index (χ4n) is 2.27. The third-order valence-corrected chi connectivity index (χ3v) is 3.17. The number of ketones is 2. The molecule has 17 heavy (non-hydrogen) atoms. The molecule has 0 bridgehead atoms. The van der Waals surface area contributed by atoms with E-state index in [0.29, 0.717) is 18.4 Å². The van der Waals surface area contributed by atoms with Crippen molar-refractivity contribution in [3.63, 3.8) is 0 Å². The SMILES string of the molecule is CC#CC#CC=C1C=CC2(CCCC2=O)C1=O. The molecule has 1 unspecified atom stereocenters. The van der Waals surface area contributed by atoms with Gasteiger partial charge in [-0.25, -0.2) is 0 Å². The van der Waals surface area contributed by atoms with E-state index in [0.717, 1.165) is 6.42 Å². The molecule has 2 nitrogen and oxygen atoms in total. The number of hydrogen-bond acceptors (Lipinski definition) is 2. The van der Waals surface area contributed by atoms with Crippen molar-refractivity contribution in [3.05, 3.63) is 23.8 Å². The van der Waals surface area contributed by atoms with Crippen molar-refractivity contribution in [3.8, 4) is 23.7 Å². The summed E-state index contributed by atoms with van der Waals surface area (Å²) >= 11 is 0. The van der Waals surface area contributed by atoms with Gasteiger partial charge in [0.15, 0.2) is 11.6 Å². The third-order valence-electron chi connectivity index (χ3n) is 3.17. The molecule has 0 heterocycles. The normalized spacial score (nSPS) is 28.2. The Hall–Kier alpha value is -2.06. The fourth-order valence-corrected chi connectivity index (χ4v) is 2.27. The second-order valence-corrected chi connectivity index (χ2v) is 4.15. The first kappa shape index (κ1) is 11.4. The van der Waals surface area contributed by atoms with E-state index in [1.165, 1.54) is 0 Å². The number of allylic oxidation sites excluding steroid dienone is 4. The van der Waals surface area contributed by atoms with Crippen molar-refractivity contribution >= 4 is 11.6 Å². The molecule has 0 saturated heterocycles. The second-order valence-electron chi connectivity index (χ2n) is 4.15. The predicted octanol–water partition coefficient (Wildman–Crippen LogP) is 1.82. The fraction of sp³-hybridized carbons (Fsp3) is 0.333. The lowest BCUT2D eigenvalue weighted by atomic mass is 9.83. The molecule has 2 aliphatic carbocycles. The molecular weight excluding hydrogens is 212 g/mol. The summed E-state index contributed by atoms with van der Waals surface area (Å²) in [5, 5.41) is 0. The van der Waals surface area contributed by atoms with Crippen LogP contribution in [0, 0.1) is 29.1 Å². The molecule has 0 aromatic heterocycles. The number of rotatable bonds is 0. The first-order valence-corrected chi connectivity index (χ1v) is 5.60. The van der Waals surface area contributed by atoms with Gasteiger partial charge in [0.2, 0.25) is 0 Å². The van der Waals surface area contributed by atoms with E-state index in [4.69, 9.17) is 0 Å². The van der Waals surface area contributed by atoms with Gasteiger partial charge in [-0.3, -0.25) is 9.59 Å². The van der Waals surface area contributed by atoms with Crippen LogP contribution in [0.4, 0.5) is 0 Å². The lowest BCUT2D eigenvalue weighted by Gasteiger charge is -2.15. The quantitative estimate of drug-likeness (QED) is 0.357. The molecule has 2 rings (SSSR count). The molecule has 1 fully saturated rings. The number of carbonyl (C=O) groups is 2. The van der Waals surface area contributed by atoms with Crippen LogP contribution in [0.25, 0.3) is 0 Å². The zero-order chi connectivity index (χ0) is 12.3. The third kappa shape index (κ3) is 1.83. The topological polar surface area (TPSA) is 34.1 Å². The van der Waals surface area contributed by atoms with E-state index < -0.39 is 5.41 Å². The molecule has 0 aromatic carbocycles. The first-order chi connectivity index (χ1) is 8.20. The largest absolute Gasteiger partial charge is 0.298 e. The van der Waals surface area contributed by atoms with Crippen LogP contribution < -0.4 is 0 Å². The summed E-state index contributed by atoms with van der Waals surface area (Å²) in [6.45, 7) is 1.70. The smallest absolute Gasteiger partial charge is 0.180 e. The molecule has 1 spiro atoms. The van der Waals surface area contributed by atoms with E-state index in [1.54, 1.807) is 25.2 Å². The molecule has 0 N–H and O–H groups in total. The molecule has 0 amide bonds. The second kappa shape index (κ2) is 4.44. The van der Waals surface area contributed by atoms with Crippen LogP contribution in [0.15, 0.2) is 23.8 Å². The molecule has 2 aliphatic rings. The number of hydrogen-bond donors (Lipinski definition) is 0. The Bertz CT molecular complexity index is 555. The van der Waals surface area contributed by atoms with Crippen LogP contribution in [-0.2, 0) is 9.59 Å². The minimum atomic E-state index is -0.857. The molecule has 0 aliphatic heterocycles. The van der Waals surface area contributed by atoms with Gasteiger partial charge in [-0.05, 0) is 31.6 Å². The minimum Gasteiger partial charge on any atom is -0.298 e. The van der Waals surface area contributed by atoms with Crippen LogP contribution in [0.1, 0.15) is 26.2 Å². The lowest BCUT2D eigenvalue weighted by Crippen LogP contribution is -2.30. The van der Waals surface area contributed by atoms with Gasteiger partial charge in [-0.15, -0.1) is 0 Å². The van der Waals surface area contributed by atoms with E-state index in [2.05, 4.69) is 23.7 Å². The Labute approximate surface area is 101 Å². The van der Waals surface area contributed by atoms with Gasteiger partial charge in [-0.1, -0.05) is 24.0 Å². The summed E-state index contributed by atoms with van der Waals surface area (Å²) < 4.78 is 0. The number of carbonyl (C=O) groups excluding carboxylic acids is 2. The van der Waals surface area contributed by atoms with Gasteiger partial charge >= 0.3 is 0 Å². The Morgan fingerprint density at radius 2 is 2.18 bits per heavy atom. The summed E-state index contributed by atoms with van der Waals surface area (Å²) in [5.41, 5.74) is -0.338. The summed E-state index contributed by atoms with van der Waals surface area (Å²) in [7, 11) is 0. The van der Waals surface area contributed by atoms with Gasteiger partial charge in [-0.2, -0.15) is 0 Å². The lowest BCUT2D eigenvalue weighted by molar-refractivity contribution is -0.132. The summed E-state index contributed by atoms with van der Waals surface area (Å²) in [4.78, 5) is 23.9. The van der Waals surface area contributed by atoms with Gasteiger partial charge in [0.25, 0.3) is 0 Å². The Kier molecular flexibility index (Phi) is 2.98. The van der Waals surface area contributed by atoms with Crippen molar-refractivity contribution in [2.75, 3.05) is 0 Å². The van der Waals surface area contributed by atoms with Gasteiger partial charge in [0.1, 0.15) is 5.41 Å². The predicted molar refractivity (Wildman–Crippen MR) is 64.7 cm³/mol. The summed E-state index contributed by atoms with van der Waals surface area (Å²) in [5.74, 6) is 10.5. The van der Waals surface area contributed by atoms with E-state index >= 15 is 0 Å². The van der Waals surface area contributed by atoms with Gasteiger partial charge in [0.05, 0.1) is 0 Å². The summed E-state index contributed by atoms with van der Waals surface area (Å²) in [6, 6.07) is 0. The van der Waals surface area contributed by atoms with Gasteiger partial charge < -0.3 is 0 Å². The van der Waals surface area contributed by atoms with Crippen molar-refractivity contribution in [1.82, 2.24) is 0 Å². The highest BCUT2D eigenvalue weighted by Gasteiger charge is 2.49. The zero-order valence-corrected chi connectivity index (χ0v) is 9.67. The molecule has 0 radical (unpaired) electrons. The monoisotopic (exact) mass is 224 g/mol. The van der Waals surface area contributed by atoms with Gasteiger partial charge in [0, 0.05) is 18.1 Å². The Morgan fingerprint density at radius 1 is 1.35 bits per heavy atom. The van der Waals surface area contributed by atoms with Crippen molar-refractivity contribution < 1.29 is 9.59 Å². The highest BCUT2D eigenvalue weighted by Crippen LogP contribution is 2.43. The van der Waals surface area contributed by atoms with E-state index in [1.807, 2.05) is 0 Å². The van der Waals surface area contributed by atoms with Crippen molar-refractivity contribution in [1.29, 1.82) is 0 Å².